The van der Waals surface area contributed by atoms with Crippen molar-refractivity contribution in [1.29, 1.82) is 0 Å². The van der Waals surface area contributed by atoms with Crippen LogP contribution in [0.3, 0.4) is 0 Å². The minimum atomic E-state index is -0.463. The number of nitrogens with zero attached hydrogens (tertiary/aromatic N) is 2. The molecule has 0 saturated heterocycles. The van der Waals surface area contributed by atoms with Crippen LogP contribution in [0, 0.1) is 5.82 Å². The lowest BCUT2D eigenvalue weighted by atomic mass is 10.2. The third kappa shape index (κ3) is 4.63. The molecule has 0 aliphatic rings. The van der Waals surface area contributed by atoms with E-state index in [0.29, 0.717) is 5.82 Å². The fraction of sp³-hybridized carbons (Fsp3) is 0.174. The number of para-hydroxylation sites is 2. The lowest BCUT2D eigenvalue weighted by Crippen LogP contribution is -2.31. The highest BCUT2D eigenvalue weighted by molar-refractivity contribution is 5.91. The molecule has 2 heterocycles. The number of imidazole rings is 1. The van der Waals surface area contributed by atoms with Gasteiger partial charge in [0.05, 0.1) is 23.3 Å². The topological polar surface area (TPSA) is 89.2 Å². The molecule has 0 saturated carbocycles. The highest BCUT2D eigenvalue weighted by Crippen LogP contribution is 2.21. The van der Waals surface area contributed by atoms with Crippen molar-refractivity contribution in [1.82, 2.24) is 20.2 Å². The third-order valence-electron chi connectivity index (χ3n) is 4.87. The van der Waals surface area contributed by atoms with Gasteiger partial charge in [0.1, 0.15) is 18.2 Å². The molecule has 1 unspecified atom stereocenters. The van der Waals surface area contributed by atoms with Gasteiger partial charge in [0.15, 0.2) is 5.76 Å². The molecule has 0 aliphatic heterocycles. The van der Waals surface area contributed by atoms with Crippen LogP contribution in [-0.2, 0) is 17.9 Å². The highest BCUT2D eigenvalue weighted by atomic mass is 19.1. The Hall–Kier alpha value is -3.94. The second-order valence-electron chi connectivity index (χ2n) is 7.12. The first-order valence-corrected chi connectivity index (χ1v) is 9.82. The van der Waals surface area contributed by atoms with Gasteiger partial charge in [-0.1, -0.05) is 24.3 Å². The monoisotopic (exact) mass is 420 g/mol. The van der Waals surface area contributed by atoms with E-state index in [9.17, 15) is 14.0 Å². The minimum Gasteiger partial charge on any atom is -0.459 e. The average Bonchev–Trinajstić information content (AvgIpc) is 3.42. The molecule has 2 aromatic heterocycles. The van der Waals surface area contributed by atoms with Crippen LogP contribution in [0.1, 0.15) is 34.9 Å². The summed E-state index contributed by atoms with van der Waals surface area (Å²) < 4.78 is 20.0. The van der Waals surface area contributed by atoms with Crippen LogP contribution < -0.4 is 10.6 Å². The summed E-state index contributed by atoms with van der Waals surface area (Å²) in [5.41, 5.74) is 2.31. The van der Waals surface area contributed by atoms with E-state index in [-0.39, 0.29) is 36.5 Å². The number of furan rings is 1. The van der Waals surface area contributed by atoms with E-state index in [4.69, 9.17) is 4.42 Å². The average molecular weight is 420 g/mol. The molecule has 0 aliphatic carbocycles. The van der Waals surface area contributed by atoms with Crippen molar-refractivity contribution in [2.24, 2.45) is 0 Å². The number of benzene rings is 2. The summed E-state index contributed by atoms with van der Waals surface area (Å²) in [7, 11) is 0. The maximum absolute atomic E-state index is 13.1. The van der Waals surface area contributed by atoms with Gasteiger partial charge in [-0.25, -0.2) is 9.37 Å². The van der Waals surface area contributed by atoms with Gasteiger partial charge in [-0.3, -0.25) is 9.59 Å². The van der Waals surface area contributed by atoms with Gasteiger partial charge in [-0.2, -0.15) is 0 Å². The van der Waals surface area contributed by atoms with Crippen molar-refractivity contribution < 1.29 is 18.4 Å². The van der Waals surface area contributed by atoms with Crippen molar-refractivity contribution in [3.63, 3.8) is 0 Å². The van der Waals surface area contributed by atoms with Crippen molar-refractivity contribution >= 4 is 22.8 Å². The Labute approximate surface area is 177 Å². The van der Waals surface area contributed by atoms with Crippen LogP contribution in [0.25, 0.3) is 11.0 Å². The summed E-state index contributed by atoms with van der Waals surface area (Å²) in [6.45, 7) is 2.11. The lowest BCUT2D eigenvalue weighted by molar-refractivity contribution is -0.121. The molecular weight excluding hydrogens is 399 g/mol. The van der Waals surface area contributed by atoms with Crippen LogP contribution in [0.15, 0.2) is 71.3 Å². The third-order valence-corrected chi connectivity index (χ3v) is 4.87. The van der Waals surface area contributed by atoms with Crippen LogP contribution in [-0.4, -0.2) is 21.4 Å². The number of hydrogen-bond donors (Lipinski definition) is 2. The molecule has 7 nitrogen and oxygen atoms in total. The van der Waals surface area contributed by atoms with Gasteiger partial charge < -0.3 is 19.6 Å². The molecule has 2 amide bonds. The molecule has 8 heteroatoms. The van der Waals surface area contributed by atoms with Gasteiger partial charge in [0.2, 0.25) is 5.91 Å². The lowest BCUT2D eigenvalue weighted by Gasteiger charge is -2.16. The number of fused-ring (bicyclic) bond motifs is 1. The van der Waals surface area contributed by atoms with Crippen LogP contribution in [0.4, 0.5) is 4.39 Å². The first-order chi connectivity index (χ1) is 15.0. The molecule has 0 spiro atoms. The fourth-order valence-corrected chi connectivity index (χ4v) is 3.33. The van der Waals surface area contributed by atoms with E-state index in [1.54, 1.807) is 35.8 Å². The number of aromatic nitrogens is 2. The predicted octanol–water partition coefficient (Wildman–Crippen LogP) is 3.58. The fourth-order valence-electron chi connectivity index (χ4n) is 3.33. The Morgan fingerprint density at radius 3 is 2.61 bits per heavy atom. The molecule has 2 aromatic carbocycles. The molecule has 4 rings (SSSR count). The summed E-state index contributed by atoms with van der Waals surface area (Å²) >= 11 is 0. The van der Waals surface area contributed by atoms with Crippen molar-refractivity contribution in [2.75, 3.05) is 0 Å². The zero-order valence-electron chi connectivity index (χ0n) is 16.8. The molecule has 158 valence electrons. The SMILES string of the molecule is CC(NC(=O)c1ccco1)c1nc2ccccc2n1CC(=O)NCc1ccc(F)cc1. The molecule has 31 heavy (non-hydrogen) atoms. The number of carbonyl (C=O) groups excluding carboxylic acids is 2. The summed E-state index contributed by atoms with van der Waals surface area (Å²) in [5.74, 6) is -0.157. The molecule has 4 aromatic rings. The van der Waals surface area contributed by atoms with Crippen molar-refractivity contribution in [2.45, 2.75) is 26.1 Å². The summed E-state index contributed by atoms with van der Waals surface area (Å²) in [6, 6.07) is 16.2. The molecule has 0 bridgehead atoms. The number of halogens is 1. The smallest absolute Gasteiger partial charge is 0.287 e. The molecular formula is C23H21FN4O3. The Kier molecular flexibility index (Phi) is 5.79. The van der Waals surface area contributed by atoms with Gasteiger partial charge in [0.25, 0.3) is 5.91 Å². The summed E-state index contributed by atoms with van der Waals surface area (Å²) in [4.78, 5) is 29.6. The zero-order valence-corrected chi connectivity index (χ0v) is 16.8. The predicted molar refractivity (Wildman–Crippen MR) is 113 cm³/mol. The number of nitrogens with one attached hydrogen (secondary N) is 2. The van der Waals surface area contributed by atoms with Crippen LogP contribution in [0.5, 0.6) is 0 Å². The number of amides is 2. The summed E-state index contributed by atoms with van der Waals surface area (Å²) in [5, 5.41) is 5.69. The van der Waals surface area contributed by atoms with Crippen molar-refractivity contribution in [3.05, 3.63) is 89.9 Å². The second-order valence-corrected chi connectivity index (χ2v) is 7.12. The zero-order chi connectivity index (χ0) is 21.8. The van der Waals surface area contributed by atoms with Gasteiger partial charge in [-0.05, 0) is 48.9 Å². The maximum Gasteiger partial charge on any atom is 0.287 e. The van der Waals surface area contributed by atoms with Crippen molar-refractivity contribution in [3.8, 4) is 0 Å². The second kappa shape index (κ2) is 8.83. The van der Waals surface area contributed by atoms with Gasteiger partial charge in [0, 0.05) is 6.54 Å². The van der Waals surface area contributed by atoms with E-state index < -0.39 is 6.04 Å². The van der Waals surface area contributed by atoms with E-state index in [1.165, 1.54) is 18.4 Å². The maximum atomic E-state index is 13.1. The Bertz CT molecular complexity index is 1200. The number of hydrogen-bond acceptors (Lipinski definition) is 4. The number of rotatable bonds is 7. The Morgan fingerprint density at radius 2 is 1.87 bits per heavy atom. The minimum absolute atomic E-state index is 0.0258. The molecule has 0 fully saturated rings. The quantitative estimate of drug-likeness (QED) is 0.478. The standard InChI is InChI=1S/C23H21FN4O3/c1-15(26-23(30)20-7-4-12-31-20)22-27-18-5-2-3-6-19(18)28(22)14-21(29)25-13-16-8-10-17(24)11-9-16/h2-12,15H,13-14H2,1H3,(H,25,29)(H,26,30). The molecule has 0 radical (unpaired) electrons. The molecule has 2 N–H and O–H groups in total. The molecule has 1 atom stereocenters. The van der Waals surface area contributed by atoms with Gasteiger partial charge in [-0.15, -0.1) is 0 Å². The normalized spacial score (nSPS) is 11.9. The number of carbonyl (C=O) groups is 2. The van der Waals surface area contributed by atoms with E-state index >= 15 is 0 Å². The van der Waals surface area contributed by atoms with Crippen LogP contribution >= 0.6 is 0 Å². The van der Waals surface area contributed by atoms with E-state index in [1.807, 2.05) is 24.3 Å². The van der Waals surface area contributed by atoms with E-state index in [2.05, 4.69) is 15.6 Å². The highest BCUT2D eigenvalue weighted by Gasteiger charge is 2.21. The first kappa shape index (κ1) is 20.3. The van der Waals surface area contributed by atoms with E-state index in [0.717, 1.165) is 16.6 Å². The summed E-state index contributed by atoms with van der Waals surface area (Å²) in [6.07, 6.45) is 1.43. The largest absolute Gasteiger partial charge is 0.459 e. The van der Waals surface area contributed by atoms with Crippen LogP contribution in [0.2, 0.25) is 0 Å². The Morgan fingerprint density at radius 1 is 1.10 bits per heavy atom. The Balaban J connectivity index is 1.52. The first-order valence-electron chi connectivity index (χ1n) is 9.82. The van der Waals surface area contributed by atoms with Gasteiger partial charge >= 0.3 is 0 Å².